The molecule has 0 saturated heterocycles. The molecule has 2 rings (SSSR count). The summed E-state index contributed by atoms with van der Waals surface area (Å²) in [7, 11) is 0. The number of aliphatic hydroxyl groups excluding tert-OH is 1. The first-order valence-electron chi connectivity index (χ1n) is 8.44. The minimum Gasteiger partial charge on any atom is -0.396 e. The summed E-state index contributed by atoms with van der Waals surface area (Å²) < 4.78 is 1.75. The molecule has 0 aliphatic rings. The van der Waals surface area contributed by atoms with Crippen molar-refractivity contribution in [2.45, 2.75) is 52.0 Å². The lowest BCUT2D eigenvalue weighted by atomic mass is 9.89. The summed E-state index contributed by atoms with van der Waals surface area (Å²) in [6.07, 6.45) is 3.13. The number of nitrogens with one attached hydrogen (secondary N) is 1. The van der Waals surface area contributed by atoms with Crippen LogP contribution in [-0.2, 0) is 5.41 Å². The van der Waals surface area contributed by atoms with Crippen LogP contribution in [0, 0.1) is 0 Å². The first-order chi connectivity index (χ1) is 11.4. The van der Waals surface area contributed by atoms with E-state index in [0.717, 1.165) is 17.8 Å². The van der Waals surface area contributed by atoms with E-state index in [1.54, 1.807) is 10.9 Å². The van der Waals surface area contributed by atoms with Crippen LogP contribution in [0.2, 0.25) is 0 Å². The van der Waals surface area contributed by atoms with E-state index in [4.69, 9.17) is 5.11 Å². The predicted octanol–water partition coefficient (Wildman–Crippen LogP) is 3.06. The van der Waals surface area contributed by atoms with Gasteiger partial charge in [0.15, 0.2) is 0 Å². The van der Waals surface area contributed by atoms with Gasteiger partial charge in [0.05, 0.1) is 16.9 Å². The number of aromatic nitrogens is 2. The molecule has 1 aromatic carbocycles. The van der Waals surface area contributed by atoms with Crippen LogP contribution in [0.3, 0.4) is 0 Å². The molecule has 1 heterocycles. The molecule has 0 spiro atoms. The SMILES string of the molecule is CCC(CCO)NC(=O)c1cn(-c2ccccc2)nc1C(C)(C)C. The van der Waals surface area contributed by atoms with E-state index >= 15 is 0 Å². The van der Waals surface area contributed by atoms with Crippen molar-refractivity contribution in [2.24, 2.45) is 0 Å². The molecule has 1 aromatic heterocycles. The zero-order valence-electron chi connectivity index (χ0n) is 14.9. The average Bonchev–Trinajstić information content (AvgIpc) is 3.01. The van der Waals surface area contributed by atoms with Crippen LogP contribution < -0.4 is 5.32 Å². The van der Waals surface area contributed by atoms with Gasteiger partial charge in [-0.25, -0.2) is 4.68 Å². The first kappa shape index (κ1) is 18.2. The van der Waals surface area contributed by atoms with Gasteiger partial charge in [-0.3, -0.25) is 4.79 Å². The highest BCUT2D eigenvalue weighted by atomic mass is 16.3. The van der Waals surface area contributed by atoms with Crippen LogP contribution in [-0.4, -0.2) is 33.4 Å². The molecule has 0 radical (unpaired) electrons. The molecular weight excluding hydrogens is 302 g/mol. The van der Waals surface area contributed by atoms with Crippen LogP contribution in [0.25, 0.3) is 5.69 Å². The molecule has 1 atom stereocenters. The number of aliphatic hydroxyl groups is 1. The highest BCUT2D eigenvalue weighted by Gasteiger charge is 2.27. The summed E-state index contributed by atoms with van der Waals surface area (Å²) >= 11 is 0. The van der Waals surface area contributed by atoms with Crippen molar-refractivity contribution in [2.75, 3.05) is 6.61 Å². The first-order valence-corrected chi connectivity index (χ1v) is 8.44. The van der Waals surface area contributed by atoms with E-state index in [-0.39, 0.29) is 24.0 Å². The van der Waals surface area contributed by atoms with Crippen LogP contribution in [0.15, 0.2) is 36.5 Å². The van der Waals surface area contributed by atoms with Gasteiger partial charge in [-0.05, 0) is 25.0 Å². The molecule has 5 heteroatoms. The lowest BCUT2D eigenvalue weighted by Crippen LogP contribution is -2.36. The zero-order valence-corrected chi connectivity index (χ0v) is 14.9. The van der Waals surface area contributed by atoms with Crippen LogP contribution in [0.4, 0.5) is 0 Å². The van der Waals surface area contributed by atoms with Crippen molar-refractivity contribution < 1.29 is 9.90 Å². The number of carbonyl (C=O) groups is 1. The summed E-state index contributed by atoms with van der Waals surface area (Å²) in [5, 5.41) is 16.8. The Morgan fingerprint density at radius 2 is 1.96 bits per heavy atom. The topological polar surface area (TPSA) is 67.2 Å². The highest BCUT2D eigenvalue weighted by molar-refractivity contribution is 5.95. The monoisotopic (exact) mass is 329 g/mol. The quantitative estimate of drug-likeness (QED) is 0.856. The van der Waals surface area contributed by atoms with E-state index in [0.29, 0.717) is 12.0 Å². The molecule has 5 nitrogen and oxygen atoms in total. The van der Waals surface area contributed by atoms with Gasteiger partial charge in [-0.2, -0.15) is 5.10 Å². The molecule has 2 N–H and O–H groups in total. The number of hydrogen-bond donors (Lipinski definition) is 2. The molecule has 130 valence electrons. The van der Waals surface area contributed by atoms with Crippen molar-refractivity contribution >= 4 is 5.91 Å². The third-order valence-electron chi connectivity index (χ3n) is 4.00. The van der Waals surface area contributed by atoms with Gasteiger partial charge in [0.25, 0.3) is 5.91 Å². The summed E-state index contributed by atoms with van der Waals surface area (Å²) in [4.78, 5) is 12.8. The van der Waals surface area contributed by atoms with Gasteiger partial charge in [0, 0.05) is 24.3 Å². The van der Waals surface area contributed by atoms with Crippen molar-refractivity contribution in [3.05, 3.63) is 47.8 Å². The van der Waals surface area contributed by atoms with Gasteiger partial charge in [0.2, 0.25) is 0 Å². The minimum absolute atomic E-state index is 0.0320. The fourth-order valence-electron chi connectivity index (χ4n) is 2.60. The van der Waals surface area contributed by atoms with Gasteiger partial charge in [-0.15, -0.1) is 0 Å². The Morgan fingerprint density at radius 3 is 2.50 bits per heavy atom. The van der Waals surface area contributed by atoms with Crippen molar-refractivity contribution in [3.63, 3.8) is 0 Å². The Labute approximate surface area is 143 Å². The molecule has 0 aliphatic heterocycles. The lowest BCUT2D eigenvalue weighted by Gasteiger charge is -2.19. The largest absolute Gasteiger partial charge is 0.396 e. The molecular formula is C19H27N3O2. The summed E-state index contributed by atoms with van der Waals surface area (Å²) in [6.45, 7) is 8.21. The zero-order chi connectivity index (χ0) is 17.7. The molecule has 0 bridgehead atoms. The number of carbonyl (C=O) groups excluding carboxylic acids is 1. The average molecular weight is 329 g/mol. The van der Waals surface area contributed by atoms with Gasteiger partial charge in [0.1, 0.15) is 0 Å². The van der Waals surface area contributed by atoms with Crippen molar-refractivity contribution in [1.82, 2.24) is 15.1 Å². The summed E-state index contributed by atoms with van der Waals surface area (Å²) in [5.74, 6) is -0.137. The number of benzene rings is 1. The highest BCUT2D eigenvalue weighted by Crippen LogP contribution is 2.25. The predicted molar refractivity (Wildman–Crippen MR) is 95.5 cm³/mol. The second kappa shape index (κ2) is 7.62. The number of hydrogen-bond acceptors (Lipinski definition) is 3. The molecule has 24 heavy (non-hydrogen) atoms. The molecule has 0 saturated carbocycles. The number of rotatable bonds is 6. The van der Waals surface area contributed by atoms with Gasteiger partial charge >= 0.3 is 0 Å². The molecule has 1 amide bonds. The molecule has 0 fully saturated rings. The Balaban J connectivity index is 2.37. The second-order valence-electron chi connectivity index (χ2n) is 7.01. The Bertz CT molecular complexity index is 672. The van der Waals surface area contributed by atoms with E-state index in [9.17, 15) is 4.79 Å². The molecule has 2 aromatic rings. The number of para-hydroxylation sites is 1. The molecule has 0 aliphatic carbocycles. The Kier molecular flexibility index (Phi) is 5.78. The van der Waals surface area contributed by atoms with Crippen LogP contribution >= 0.6 is 0 Å². The maximum absolute atomic E-state index is 12.8. The maximum Gasteiger partial charge on any atom is 0.255 e. The third-order valence-corrected chi connectivity index (χ3v) is 4.00. The summed E-state index contributed by atoms with van der Waals surface area (Å²) in [5.41, 5.74) is 2.03. The van der Waals surface area contributed by atoms with E-state index in [1.165, 1.54) is 0 Å². The van der Waals surface area contributed by atoms with E-state index in [2.05, 4.69) is 10.4 Å². The number of amides is 1. The smallest absolute Gasteiger partial charge is 0.255 e. The van der Waals surface area contributed by atoms with E-state index < -0.39 is 0 Å². The van der Waals surface area contributed by atoms with Crippen molar-refractivity contribution in [3.8, 4) is 5.69 Å². The van der Waals surface area contributed by atoms with E-state index in [1.807, 2.05) is 58.0 Å². The standard InChI is InChI=1S/C19H27N3O2/c1-5-14(11-12-23)20-18(24)16-13-22(15-9-7-6-8-10-15)21-17(16)19(2,3)4/h6-10,13-14,23H,5,11-12H2,1-4H3,(H,20,24). The van der Waals surface area contributed by atoms with Gasteiger partial charge < -0.3 is 10.4 Å². The third kappa shape index (κ3) is 4.23. The Hall–Kier alpha value is -2.14. The summed E-state index contributed by atoms with van der Waals surface area (Å²) in [6, 6.07) is 9.73. The van der Waals surface area contributed by atoms with Crippen LogP contribution in [0.5, 0.6) is 0 Å². The lowest BCUT2D eigenvalue weighted by molar-refractivity contribution is 0.0927. The van der Waals surface area contributed by atoms with Crippen LogP contribution in [0.1, 0.15) is 56.6 Å². The Morgan fingerprint density at radius 1 is 1.29 bits per heavy atom. The molecule has 1 unspecified atom stereocenters. The second-order valence-corrected chi connectivity index (χ2v) is 7.01. The normalized spacial score (nSPS) is 12.9. The fraction of sp³-hybridized carbons (Fsp3) is 0.474. The number of nitrogens with zero attached hydrogens (tertiary/aromatic N) is 2. The van der Waals surface area contributed by atoms with Gasteiger partial charge in [-0.1, -0.05) is 45.9 Å². The maximum atomic E-state index is 12.8. The van der Waals surface area contributed by atoms with Crippen molar-refractivity contribution in [1.29, 1.82) is 0 Å². The minimum atomic E-state index is -0.245. The fourth-order valence-corrected chi connectivity index (χ4v) is 2.60.